The molecule has 0 unspecified atom stereocenters. The number of rotatable bonds is 4. The molecule has 1 aromatic heterocycles. The van der Waals surface area contributed by atoms with E-state index in [0.29, 0.717) is 24.5 Å². The van der Waals surface area contributed by atoms with Gasteiger partial charge in [0.15, 0.2) is 0 Å². The maximum atomic E-state index is 13.1. The van der Waals surface area contributed by atoms with Crippen molar-refractivity contribution in [2.45, 2.75) is 0 Å². The first kappa shape index (κ1) is 21.4. The van der Waals surface area contributed by atoms with Crippen LogP contribution in [0.1, 0.15) is 10.5 Å². The minimum Gasteiger partial charge on any atom is -0.496 e. The predicted octanol–water partition coefficient (Wildman–Crippen LogP) is 3.30. The highest BCUT2D eigenvalue weighted by atomic mass is 16.5. The molecule has 0 bridgehead atoms. The second-order valence-electron chi connectivity index (χ2n) is 7.88. The minimum atomic E-state index is -0.163. The Morgan fingerprint density at radius 1 is 1.00 bits per heavy atom. The molecule has 2 aromatic carbocycles. The van der Waals surface area contributed by atoms with Gasteiger partial charge in [-0.1, -0.05) is 12.1 Å². The van der Waals surface area contributed by atoms with Crippen molar-refractivity contribution in [3.63, 3.8) is 0 Å². The summed E-state index contributed by atoms with van der Waals surface area (Å²) in [6.45, 7) is 2.66. The van der Waals surface area contributed by atoms with E-state index < -0.39 is 0 Å². The van der Waals surface area contributed by atoms with Gasteiger partial charge in [-0.2, -0.15) is 0 Å². The van der Waals surface area contributed by atoms with Crippen molar-refractivity contribution in [3.05, 3.63) is 60.3 Å². The number of anilines is 2. The molecule has 0 aliphatic carbocycles. The third-order valence-electron chi connectivity index (χ3n) is 5.57. The van der Waals surface area contributed by atoms with Gasteiger partial charge in [0.25, 0.3) is 5.91 Å². The van der Waals surface area contributed by atoms with E-state index in [2.05, 4.69) is 15.2 Å². The zero-order valence-electron chi connectivity index (χ0n) is 18.5. The summed E-state index contributed by atoms with van der Waals surface area (Å²) >= 11 is 0. The molecule has 1 N–H and O–H groups in total. The van der Waals surface area contributed by atoms with Gasteiger partial charge in [-0.25, -0.2) is 9.78 Å². The monoisotopic (exact) mass is 433 g/mol. The molecule has 8 heteroatoms. The van der Waals surface area contributed by atoms with E-state index in [1.807, 2.05) is 53.4 Å². The summed E-state index contributed by atoms with van der Waals surface area (Å²) in [6, 6.07) is 17.0. The number of fused-ring (bicyclic) bond motifs is 1. The van der Waals surface area contributed by atoms with Crippen molar-refractivity contribution in [1.82, 2.24) is 14.8 Å². The highest BCUT2D eigenvalue weighted by Gasteiger charge is 2.24. The van der Waals surface area contributed by atoms with E-state index in [1.165, 1.54) is 4.90 Å². The van der Waals surface area contributed by atoms with Gasteiger partial charge < -0.3 is 24.8 Å². The van der Waals surface area contributed by atoms with Crippen LogP contribution in [0.3, 0.4) is 0 Å². The largest absolute Gasteiger partial charge is 0.496 e. The molecule has 3 amide bonds. The molecule has 166 valence electrons. The van der Waals surface area contributed by atoms with E-state index in [4.69, 9.17) is 4.74 Å². The number of aromatic nitrogens is 1. The van der Waals surface area contributed by atoms with Crippen molar-refractivity contribution in [3.8, 4) is 5.75 Å². The fraction of sp³-hybridized carbons (Fsp3) is 0.292. The molecule has 0 spiro atoms. The molecule has 0 atom stereocenters. The van der Waals surface area contributed by atoms with E-state index in [1.54, 1.807) is 27.3 Å². The van der Waals surface area contributed by atoms with E-state index in [9.17, 15) is 9.59 Å². The summed E-state index contributed by atoms with van der Waals surface area (Å²) in [5.74, 6) is 0.564. The average molecular weight is 434 g/mol. The molecule has 1 saturated heterocycles. The lowest BCUT2D eigenvalue weighted by atomic mass is 10.1. The number of para-hydroxylation sites is 1. The van der Waals surface area contributed by atoms with Gasteiger partial charge in [0.1, 0.15) is 11.4 Å². The molecule has 0 radical (unpaired) electrons. The maximum Gasteiger partial charge on any atom is 0.321 e. The number of hydrogen-bond donors (Lipinski definition) is 1. The highest BCUT2D eigenvalue weighted by Crippen LogP contribution is 2.26. The van der Waals surface area contributed by atoms with Gasteiger partial charge in [-0.3, -0.25) is 4.79 Å². The quantitative estimate of drug-likeness (QED) is 0.683. The number of benzene rings is 2. The van der Waals surface area contributed by atoms with Crippen molar-refractivity contribution >= 4 is 34.2 Å². The van der Waals surface area contributed by atoms with Gasteiger partial charge in [-0.05, 0) is 36.4 Å². The van der Waals surface area contributed by atoms with E-state index in [0.717, 1.165) is 35.4 Å². The van der Waals surface area contributed by atoms with Crippen LogP contribution in [0.25, 0.3) is 10.9 Å². The molecule has 4 rings (SSSR count). The third kappa shape index (κ3) is 4.44. The predicted molar refractivity (Wildman–Crippen MR) is 126 cm³/mol. The SMILES string of the molecule is COc1cc(C(=O)N2CCN(c3ccc(NC(=O)N(C)C)cc3)CC2)nc2ccccc12. The normalized spacial score (nSPS) is 13.7. The highest BCUT2D eigenvalue weighted by molar-refractivity contribution is 5.97. The molecule has 1 fully saturated rings. The summed E-state index contributed by atoms with van der Waals surface area (Å²) in [7, 11) is 5.01. The lowest BCUT2D eigenvalue weighted by molar-refractivity contribution is 0.0741. The van der Waals surface area contributed by atoms with Crippen molar-refractivity contribution in [1.29, 1.82) is 0 Å². The van der Waals surface area contributed by atoms with Crippen LogP contribution >= 0.6 is 0 Å². The minimum absolute atomic E-state index is 0.0875. The number of hydrogen-bond acceptors (Lipinski definition) is 5. The molecule has 3 aromatic rings. The zero-order chi connectivity index (χ0) is 22.7. The Kier molecular flexibility index (Phi) is 6.11. The van der Waals surface area contributed by atoms with Crippen LogP contribution in [0, 0.1) is 0 Å². The van der Waals surface area contributed by atoms with Crippen LogP contribution in [0.2, 0.25) is 0 Å². The summed E-state index contributed by atoms with van der Waals surface area (Å²) in [4.78, 5) is 35.0. The fourth-order valence-corrected chi connectivity index (χ4v) is 3.74. The summed E-state index contributed by atoms with van der Waals surface area (Å²) in [5.41, 5.74) is 2.95. The number of carbonyl (C=O) groups excluding carboxylic acids is 2. The molecular weight excluding hydrogens is 406 g/mol. The number of methoxy groups -OCH3 is 1. The van der Waals surface area contributed by atoms with Crippen LogP contribution in [0.5, 0.6) is 5.75 Å². The number of urea groups is 1. The number of pyridine rings is 1. The van der Waals surface area contributed by atoms with E-state index >= 15 is 0 Å². The molecule has 0 saturated carbocycles. The standard InChI is InChI=1S/C24H27N5O3/c1-27(2)24(31)25-17-8-10-18(11-9-17)28-12-14-29(15-13-28)23(30)21-16-22(32-3)19-6-4-5-7-20(19)26-21/h4-11,16H,12-15H2,1-3H3,(H,25,31). The Morgan fingerprint density at radius 3 is 2.34 bits per heavy atom. The zero-order valence-corrected chi connectivity index (χ0v) is 18.5. The number of nitrogens with one attached hydrogen (secondary N) is 1. The summed E-state index contributed by atoms with van der Waals surface area (Å²) in [6.07, 6.45) is 0. The number of ether oxygens (including phenoxy) is 1. The number of nitrogens with zero attached hydrogens (tertiary/aromatic N) is 4. The van der Waals surface area contributed by atoms with Gasteiger partial charge in [0.05, 0.1) is 12.6 Å². The first-order valence-electron chi connectivity index (χ1n) is 10.5. The Labute approximate surface area is 187 Å². The van der Waals surface area contributed by atoms with Crippen molar-refractivity contribution in [2.75, 3.05) is 57.6 Å². The Balaban J connectivity index is 1.41. The number of piperazine rings is 1. The second kappa shape index (κ2) is 9.13. The Hall–Kier alpha value is -3.81. The van der Waals surface area contributed by atoms with Crippen molar-refractivity contribution < 1.29 is 14.3 Å². The van der Waals surface area contributed by atoms with Crippen LogP contribution in [0.4, 0.5) is 16.2 Å². The molecule has 8 nitrogen and oxygen atoms in total. The van der Waals surface area contributed by atoms with Gasteiger partial charge >= 0.3 is 6.03 Å². The molecule has 32 heavy (non-hydrogen) atoms. The van der Waals surface area contributed by atoms with Gasteiger partial charge in [-0.15, -0.1) is 0 Å². The third-order valence-corrected chi connectivity index (χ3v) is 5.57. The van der Waals surface area contributed by atoms with Crippen LogP contribution < -0.4 is 15.0 Å². The Morgan fingerprint density at radius 2 is 1.69 bits per heavy atom. The lowest BCUT2D eigenvalue weighted by Gasteiger charge is -2.36. The Bertz CT molecular complexity index is 1120. The van der Waals surface area contributed by atoms with Crippen LogP contribution in [0.15, 0.2) is 54.6 Å². The molecule has 1 aliphatic heterocycles. The second-order valence-corrected chi connectivity index (χ2v) is 7.88. The lowest BCUT2D eigenvalue weighted by Crippen LogP contribution is -2.49. The topological polar surface area (TPSA) is 78.0 Å². The first-order chi connectivity index (χ1) is 15.5. The fourth-order valence-electron chi connectivity index (χ4n) is 3.74. The number of amides is 3. The first-order valence-corrected chi connectivity index (χ1v) is 10.5. The van der Waals surface area contributed by atoms with E-state index in [-0.39, 0.29) is 11.9 Å². The van der Waals surface area contributed by atoms with Crippen LogP contribution in [-0.4, -0.2) is 74.1 Å². The molecule has 1 aliphatic rings. The smallest absolute Gasteiger partial charge is 0.321 e. The maximum absolute atomic E-state index is 13.1. The molecule has 2 heterocycles. The van der Waals surface area contributed by atoms with Gasteiger partial charge in [0, 0.05) is 63.1 Å². The average Bonchev–Trinajstić information content (AvgIpc) is 2.83. The summed E-state index contributed by atoms with van der Waals surface area (Å²) < 4.78 is 5.48. The van der Waals surface area contributed by atoms with Crippen LogP contribution in [-0.2, 0) is 0 Å². The van der Waals surface area contributed by atoms with Gasteiger partial charge in [0.2, 0.25) is 0 Å². The summed E-state index contributed by atoms with van der Waals surface area (Å²) in [5, 5.41) is 3.72. The number of carbonyl (C=O) groups is 2. The van der Waals surface area contributed by atoms with Crippen molar-refractivity contribution in [2.24, 2.45) is 0 Å². The molecular formula is C24H27N5O3.